The molecular formula is C12H11F2N3O2. The summed E-state index contributed by atoms with van der Waals surface area (Å²) >= 11 is 0. The van der Waals surface area contributed by atoms with Crippen LogP contribution in [0.25, 0.3) is 11.4 Å². The Labute approximate surface area is 107 Å². The third-order valence-electron chi connectivity index (χ3n) is 3.08. The highest BCUT2D eigenvalue weighted by molar-refractivity contribution is 5.54. The molecule has 7 heteroatoms. The summed E-state index contributed by atoms with van der Waals surface area (Å²) in [5, 5.41) is 16.9. The molecular weight excluding hydrogens is 256 g/mol. The summed E-state index contributed by atoms with van der Waals surface area (Å²) < 4.78 is 31.2. The molecule has 0 aliphatic carbocycles. The first kappa shape index (κ1) is 12.2. The molecule has 2 N–H and O–H groups in total. The monoisotopic (exact) mass is 267 g/mol. The Balaban J connectivity index is 1.96. The van der Waals surface area contributed by atoms with E-state index in [4.69, 9.17) is 4.52 Å². The molecule has 0 spiro atoms. The van der Waals surface area contributed by atoms with Crippen molar-refractivity contribution in [3.63, 3.8) is 0 Å². The molecule has 5 nitrogen and oxygen atoms in total. The van der Waals surface area contributed by atoms with Crippen LogP contribution in [-0.4, -0.2) is 28.3 Å². The minimum atomic E-state index is -1.21. The second kappa shape index (κ2) is 4.36. The number of hydrogen-bond donors (Lipinski definition) is 2. The van der Waals surface area contributed by atoms with Crippen LogP contribution in [0.3, 0.4) is 0 Å². The van der Waals surface area contributed by atoms with Gasteiger partial charge in [-0.15, -0.1) is 0 Å². The largest absolute Gasteiger partial charge is 0.379 e. The molecule has 1 aliphatic rings. The maximum absolute atomic E-state index is 13.1. The second-order valence-corrected chi connectivity index (χ2v) is 4.54. The van der Waals surface area contributed by atoms with E-state index in [-0.39, 0.29) is 17.3 Å². The van der Waals surface area contributed by atoms with E-state index in [2.05, 4.69) is 15.5 Å². The van der Waals surface area contributed by atoms with Crippen molar-refractivity contribution >= 4 is 0 Å². The lowest BCUT2D eigenvalue weighted by Crippen LogP contribution is -2.28. The smallest absolute Gasteiger partial charge is 0.260 e. The van der Waals surface area contributed by atoms with E-state index in [1.54, 1.807) is 0 Å². The number of aromatic nitrogens is 2. The average Bonchev–Trinajstić information content (AvgIpc) is 2.96. The summed E-state index contributed by atoms with van der Waals surface area (Å²) in [4.78, 5) is 4.02. The highest BCUT2D eigenvalue weighted by Gasteiger charge is 2.38. The quantitative estimate of drug-likeness (QED) is 0.855. The van der Waals surface area contributed by atoms with Gasteiger partial charge in [0.15, 0.2) is 5.60 Å². The summed E-state index contributed by atoms with van der Waals surface area (Å²) in [6, 6.07) is 2.97. The number of aliphatic hydroxyl groups is 1. The first-order valence-corrected chi connectivity index (χ1v) is 5.81. The minimum Gasteiger partial charge on any atom is -0.379 e. The van der Waals surface area contributed by atoms with Crippen LogP contribution in [0.15, 0.2) is 22.7 Å². The van der Waals surface area contributed by atoms with Crippen molar-refractivity contribution in [3.8, 4) is 11.4 Å². The van der Waals surface area contributed by atoms with Gasteiger partial charge in [0.25, 0.3) is 5.89 Å². The SMILES string of the molecule is OC1(c2nc(-c3cc(F)cc(F)c3)no2)CCNC1. The molecule has 0 amide bonds. The third kappa shape index (κ3) is 2.22. The zero-order valence-corrected chi connectivity index (χ0v) is 9.86. The molecule has 2 heterocycles. The Kier molecular flexibility index (Phi) is 2.79. The van der Waals surface area contributed by atoms with E-state index in [0.717, 1.165) is 18.2 Å². The van der Waals surface area contributed by atoms with Gasteiger partial charge in [0.05, 0.1) is 0 Å². The third-order valence-corrected chi connectivity index (χ3v) is 3.08. The molecule has 1 aliphatic heterocycles. The predicted molar refractivity (Wildman–Crippen MR) is 61.0 cm³/mol. The number of β-amino-alcohol motifs (C(OH)–C–C–N with tert-alkyl or cyclic N) is 1. The topological polar surface area (TPSA) is 71.2 Å². The van der Waals surface area contributed by atoms with Gasteiger partial charge in [0.2, 0.25) is 5.82 Å². The van der Waals surface area contributed by atoms with Crippen molar-refractivity contribution in [2.45, 2.75) is 12.0 Å². The fourth-order valence-corrected chi connectivity index (χ4v) is 2.07. The molecule has 1 fully saturated rings. The maximum Gasteiger partial charge on any atom is 0.260 e. The normalized spacial score (nSPS) is 22.9. The molecule has 0 radical (unpaired) electrons. The summed E-state index contributed by atoms with van der Waals surface area (Å²) in [6.07, 6.45) is 0.451. The molecule has 0 saturated carbocycles. The summed E-state index contributed by atoms with van der Waals surface area (Å²) in [6.45, 7) is 0.953. The highest BCUT2D eigenvalue weighted by Crippen LogP contribution is 2.28. The fraction of sp³-hybridized carbons (Fsp3) is 0.333. The maximum atomic E-state index is 13.1. The Morgan fingerprint density at radius 3 is 2.63 bits per heavy atom. The Bertz CT molecular complexity index is 589. The molecule has 0 bridgehead atoms. The minimum absolute atomic E-state index is 0.0497. The summed E-state index contributed by atoms with van der Waals surface area (Å²) in [7, 11) is 0. The number of rotatable bonds is 2. The van der Waals surface area contributed by atoms with E-state index in [0.29, 0.717) is 19.5 Å². The van der Waals surface area contributed by atoms with Crippen LogP contribution in [0.5, 0.6) is 0 Å². The molecule has 1 atom stereocenters. The van der Waals surface area contributed by atoms with Gasteiger partial charge in [-0.3, -0.25) is 0 Å². The van der Waals surface area contributed by atoms with Gasteiger partial charge in [-0.25, -0.2) is 8.78 Å². The Hall–Kier alpha value is -1.86. The molecule has 1 unspecified atom stereocenters. The lowest BCUT2D eigenvalue weighted by Gasteiger charge is -2.14. The number of halogens is 2. The van der Waals surface area contributed by atoms with Gasteiger partial charge in [-0.05, 0) is 25.1 Å². The molecule has 1 aromatic carbocycles. The first-order chi connectivity index (χ1) is 9.07. The van der Waals surface area contributed by atoms with Crippen molar-refractivity contribution < 1.29 is 18.4 Å². The Morgan fingerprint density at radius 2 is 2.00 bits per heavy atom. The number of hydrogen-bond acceptors (Lipinski definition) is 5. The molecule has 2 aromatic rings. The van der Waals surface area contributed by atoms with Gasteiger partial charge in [-0.2, -0.15) is 4.98 Å². The lowest BCUT2D eigenvalue weighted by atomic mass is 10.0. The van der Waals surface area contributed by atoms with Crippen LogP contribution in [0.1, 0.15) is 12.3 Å². The van der Waals surface area contributed by atoms with Crippen molar-refractivity contribution in [3.05, 3.63) is 35.7 Å². The number of nitrogens with one attached hydrogen (secondary N) is 1. The zero-order chi connectivity index (χ0) is 13.5. The Morgan fingerprint density at radius 1 is 1.26 bits per heavy atom. The molecule has 19 heavy (non-hydrogen) atoms. The van der Waals surface area contributed by atoms with E-state index in [9.17, 15) is 13.9 Å². The second-order valence-electron chi connectivity index (χ2n) is 4.54. The van der Waals surface area contributed by atoms with Crippen molar-refractivity contribution in [1.29, 1.82) is 0 Å². The van der Waals surface area contributed by atoms with Gasteiger partial charge in [0, 0.05) is 18.2 Å². The van der Waals surface area contributed by atoms with Gasteiger partial charge in [-0.1, -0.05) is 5.16 Å². The standard InChI is InChI=1S/C12H11F2N3O2/c13-8-3-7(4-9(14)5-8)10-16-11(19-17-10)12(18)1-2-15-6-12/h3-5,15,18H,1-2,6H2. The van der Waals surface area contributed by atoms with Crippen LogP contribution in [0.2, 0.25) is 0 Å². The lowest BCUT2D eigenvalue weighted by molar-refractivity contribution is 0.0243. The van der Waals surface area contributed by atoms with Crippen LogP contribution in [-0.2, 0) is 5.60 Å². The van der Waals surface area contributed by atoms with Crippen LogP contribution < -0.4 is 5.32 Å². The van der Waals surface area contributed by atoms with Crippen LogP contribution in [0.4, 0.5) is 8.78 Å². The van der Waals surface area contributed by atoms with Crippen LogP contribution >= 0.6 is 0 Å². The van der Waals surface area contributed by atoms with E-state index < -0.39 is 17.2 Å². The molecule has 3 rings (SSSR count). The van der Waals surface area contributed by atoms with Crippen molar-refractivity contribution in [1.82, 2.24) is 15.5 Å². The van der Waals surface area contributed by atoms with E-state index >= 15 is 0 Å². The van der Waals surface area contributed by atoms with E-state index in [1.165, 1.54) is 0 Å². The van der Waals surface area contributed by atoms with Gasteiger partial charge < -0.3 is 14.9 Å². The highest BCUT2D eigenvalue weighted by atomic mass is 19.1. The average molecular weight is 267 g/mol. The molecule has 1 saturated heterocycles. The number of nitrogens with zero attached hydrogens (tertiary/aromatic N) is 2. The van der Waals surface area contributed by atoms with Crippen LogP contribution in [0, 0.1) is 11.6 Å². The predicted octanol–water partition coefficient (Wildman–Crippen LogP) is 1.20. The first-order valence-electron chi connectivity index (χ1n) is 5.81. The van der Waals surface area contributed by atoms with Gasteiger partial charge in [0.1, 0.15) is 11.6 Å². The fourth-order valence-electron chi connectivity index (χ4n) is 2.07. The van der Waals surface area contributed by atoms with Crippen molar-refractivity contribution in [2.75, 3.05) is 13.1 Å². The number of benzene rings is 1. The van der Waals surface area contributed by atoms with E-state index in [1.807, 2.05) is 0 Å². The molecule has 100 valence electrons. The summed E-state index contributed by atoms with van der Waals surface area (Å²) in [5.74, 6) is -1.34. The summed E-state index contributed by atoms with van der Waals surface area (Å²) in [5.41, 5.74) is -1.04. The van der Waals surface area contributed by atoms with Gasteiger partial charge >= 0.3 is 0 Å². The zero-order valence-electron chi connectivity index (χ0n) is 9.86. The van der Waals surface area contributed by atoms with Crippen molar-refractivity contribution in [2.24, 2.45) is 0 Å². The molecule has 1 aromatic heterocycles.